The van der Waals surface area contributed by atoms with Crippen LogP contribution in [-0.4, -0.2) is 85.7 Å². The quantitative estimate of drug-likeness (QED) is 0.619. The molecule has 2 heterocycles. The van der Waals surface area contributed by atoms with E-state index in [1.165, 1.54) is 18.2 Å². The zero-order valence-corrected chi connectivity index (χ0v) is 19.9. The number of aryl methyl sites for hydroxylation is 1. The van der Waals surface area contributed by atoms with Crippen molar-refractivity contribution >= 4 is 5.91 Å². The number of piperazine rings is 1. The molecule has 0 spiro atoms. The monoisotopic (exact) mass is 473 g/mol. The van der Waals surface area contributed by atoms with Crippen LogP contribution < -0.4 is 4.74 Å². The molecule has 0 aromatic heterocycles. The lowest BCUT2D eigenvalue weighted by atomic mass is 9.96. The Morgan fingerprint density at radius 2 is 1.74 bits per heavy atom. The molecule has 4 rings (SSSR count). The van der Waals surface area contributed by atoms with Gasteiger partial charge in [-0.25, -0.2) is 8.78 Å². The van der Waals surface area contributed by atoms with E-state index in [2.05, 4.69) is 16.8 Å². The smallest absolute Gasteiger partial charge is 0.225 e. The van der Waals surface area contributed by atoms with E-state index in [4.69, 9.17) is 9.47 Å². The number of benzene rings is 2. The van der Waals surface area contributed by atoms with Crippen LogP contribution in [0.15, 0.2) is 42.5 Å². The predicted molar refractivity (Wildman–Crippen MR) is 126 cm³/mol. The van der Waals surface area contributed by atoms with Gasteiger partial charge in [-0.1, -0.05) is 6.07 Å². The molecule has 2 aromatic rings. The average molecular weight is 474 g/mol. The Labute approximate surface area is 200 Å². The van der Waals surface area contributed by atoms with Gasteiger partial charge in [-0.15, -0.1) is 0 Å². The number of carbonyl (C=O) groups is 1. The first-order chi connectivity index (χ1) is 16.3. The molecular formula is C26H33F2N3O3. The summed E-state index contributed by atoms with van der Waals surface area (Å²) in [4.78, 5) is 19.5. The number of nitrogens with zero attached hydrogens (tertiary/aromatic N) is 3. The van der Waals surface area contributed by atoms with Gasteiger partial charge in [0.05, 0.1) is 13.0 Å². The molecule has 1 amide bonds. The Morgan fingerprint density at radius 1 is 1.03 bits per heavy atom. The molecule has 0 N–H and O–H groups in total. The number of halogens is 2. The van der Waals surface area contributed by atoms with Gasteiger partial charge in [0, 0.05) is 45.8 Å². The van der Waals surface area contributed by atoms with Gasteiger partial charge in [-0.3, -0.25) is 9.69 Å². The van der Waals surface area contributed by atoms with Gasteiger partial charge in [0.1, 0.15) is 29.6 Å². The maximum absolute atomic E-state index is 13.9. The van der Waals surface area contributed by atoms with Crippen LogP contribution in [0.5, 0.6) is 5.75 Å². The molecule has 0 radical (unpaired) electrons. The summed E-state index contributed by atoms with van der Waals surface area (Å²) in [6, 6.07) is 10.7. The van der Waals surface area contributed by atoms with Crippen molar-refractivity contribution in [1.29, 1.82) is 0 Å². The molecule has 2 saturated heterocycles. The number of amides is 1. The predicted octanol–water partition coefficient (Wildman–Crippen LogP) is 3.09. The van der Waals surface area contributed by atoms with Crippen molar-refractivity contribution < 1.29 is 23.0 Å². The Morgan fingerprint density at radius 3 is 2.47 bits per heavy atom. The topological polar surface area (TPSA) is 45.3 Å². The third kappa shape index (κ3) is 6.31. The third-order valence-electron chi connectivity index (χ3n) is 6.68. The second-order valence-electron chi connectivity index (χ2n) is 9.42. The largest absolute Gasteiger partial charge is 0.491 e. The van der Waals surface area contributed by atoms with Crippen molar-refractivity contribution in [3.05, 3.63) is 65.2 Å². The SMILES string of the molecule is Cc1ccc(F)cc1CN1CCOC(COc2ccc(F)cc2)(CC(=O)N2CCN(C)CC2)C1. The van der Waals surface area contributed by atoms with Gasteiger partial charge in [0.25, 0.3) is 0 Å². The molecule has 2 fully saturated rings. The minimum atomic E-state index is -0.853. The fraction of sp³-hybridized carbons (Fsp3) is 0.500. The van der Waals surface area contributed by atoms with E-state index in [-0.39, 0.29) is 30.6 Å². The van der Waals surface area contributed by atoms with Crippen LogP contribution in [0.3, 0.4) is 0 Å². The second kappa shape index (κ2) is 10.8. The van der Waals surface area contributed by atoms with Crippen molar-refractivity contribution in [3.63, 3.8) is 0 Å². The van der Waals surface area contributed by atoms with Crippen molar-refractivity contribution in [3.8, 4) is 5.75 Å². The molecule has 2 aliphatic heterocycles. The molecule has 34 heavy (non-hydrogen) atoms. The highest BCUT2D eigenvalue weighted by molar-refractivity contribution is 5.77. The third-order valence-corrected chi connectivity index (χ3v) is 6.68. The Balaban J connectivity index is 1.50. The first-order valence-corrected chi connectivity index (χ1v) is 11.8. The number of hydrogen-bond donors (Lipinski definition) is 0. The number of carbonyl (C=O) groups excluding carboxylic acids is 1. The summed E-state index contributed by atoms with van der Waals surface area (Å²) in [5.74, 6) is -0.0306. The summed E-state index contributed by atoms with van der Waals surface area (Å²) in [7, 11) is 2.05. The zero-order valence-electron chi connectivity index (χ0n) is 19.9. The summed E-state index contributed by atoms with van der Waals surface area (Å²) in [5.41, 5.74) is 1.09. The Kier molecular flexibility index (Phi) is 7.80. The standard InChI is InChI=1S/C26H33F2N3O3/c1-20-3-4-23(28)15-21(20)17-30-13-14-34-26(18-30,19-33-24-7-5-22(27)6-8-24)16-25(32)31-11-9-29(2)10-12-31/h3-8,15H,9-14,16-19H2,1-2H3. The Hall–Kier alpha value is -2.55. The van der Waals surface area contributed by atoms with E-state index in [0.717, 1.165) is 24.2 Å². The van der Waals surface area contributed by atoms with Crippen LogP contribution in [0.2, 0.25) is 0 Å². The van der Waals surface area contributed by atoms with E-state index >= 15 is 0 Å². The van der Waals surface area contributed by atoms with Gasteiger partial charge < -0.3 is 19.3 Å². The number of likely N-dealkylation sites (N-methyl/N-ethyl adjacent to an activating group) is 1. The maximum Gasteiger partial charge on any atom is 0.225 e. The van der Waals surface area contributed by atoms with Crippen LogP contribution in [0.25, 0.3) is 0 Å². The van der Waals surface area contributed by atoms with Crippen molar-refractivity contribution in [2.45, 2.75) is 25.5 Å². The van der Waals surface area contributed by atoms with Gasteiger partial charge in [0.2, 0.25) is 5.91 Å². The number of ether oxygens (including phenoxy) is 2. The van der Waals surface area contributed by atoms with E-state index < -0.39 is 5.60 Å². The second-order valence-corrected chi connectivity index (χ2v) is 9.42. The van der Waals surface area contributed by atoms with Gasteiger partial charge in [-0.05, 0) is 61.5 Å². The molecule has 1 unspecified atom stereocenters. The van der Waals surface area contributed by atoms with Gasteiger partial charge in [0.15, 0.2) is 0 Å². The molecule has 2 aromatic carbocycles. The minimum absolute atomic E-state index is 0.0413. The van der Waals surface area contributed by atoms with Gasteiger partial charge in [-0.2, -0.15) is 0 Å². The van der Waals surface area contributed by atoms with E-state index in [1.807, 2.05) is 11.8 Å². The first kappa shape index (κ1) is 24.6. The van der Waals surface area contributed by atoms with Crippen LogP contribution >= 0.6 is 0 Å². The molecule has 184 valence electrons. The summed E-state index contributed by atoms with van der Waals surface area (Å²) >= 11 is 0. The number of rotatable bonds is 7. The van der Waals surface area contributed by atoms with Crippen molar-refractivity contribution in [2.24, 2.45) is 0 Å². The highest BCUT2D eigenvalue weighted by Gasteiger charge is 2.41. The van der Waals surface area contributed by atoms with Crippen LogP contribution in [0.4, 0.5) is 8.78 Å². The fourth-order valence-corrected chi connectivity index (χ4v) is 4.54. The summed E-state index contributed by atoms with van der Waals surface area (Å²) in [5, 5.41) is 0. The number of hydrogen-bond acceptors (Lipinski definition) is 5. The first-order valence-electron chi connectivity index (χ1n) is 11.8. The molecule has 0 saturated carbocycles. The number of morpholine rings is 1. The van der Waals surface area contributed by atoms with E-state index in [1.54, 1.807) is 24.3 Å². The van der Waals surface area contributed by atoms with Crippen LogP contribution in [0, 0.1) is 18.6 Å². The maximum atomic E-state index is 13.9. The Bertz CT molecular complexity index is 980. The molecule has 0 bridgehead atoms. The average Bonchev–Trinajstić information content (AvgIpc) is 2.82. The minimum Gasteiger partial charge on any atom is -0.491 e. The summed E-state index contributed by atoms with van der Waals surface area (Å²) in [6.07, 6.45) is 0.191. The molecule has 1 atom stereocenters. The summed E-state index contributed by atoms with van der Waals surface area (Å²) in [6.45, 7) is 7.36. The highest BCUT2D eigenvalue weighted by Crippen LogP contribution is 2.27. The van der Waals surface area contributed by atoms with Crippen molar-refractivity contribution in [2.75, 3.05) is 59.5 Å². The lowest BCUT2D eigenvalue weighted by Crippen LogP contribution is -2.58. The van der Waals surface area contributed by atoms with Gasteiger partial charge >= 0.3 is 0 Å². The molecule has 2 aliphatic rings. The molecule has 8 heteroatoms. The fourth-order valence-electron chi connectivity index (χ4n) is 4.54. The van der Waals surface area contributed by atoms with E-state index in [0.29, 0.717) is 45.1 Å². The normalized spacial score (nSPS) is 22.1. The summed E-state index contributed by atoms with van der Waals surface area (Å²) < 4.78 is 39.4. The molecular weight excluding hydrogens is 440 g/mol. The molecule has 0 aliphatic carbocycles. The van der Waals surface area contributed by atoms with Crippen molar-refractivity contribution in [1.82, 2.24) is 14.7 Å². The lowest BCUT2D eigenvalue weighted by Gasteiger charge is -2.43. The zero-order chi connectivity index (χ0) is 24.1. The van der Waals surface area contributed by atoms with Crippen LogP contribution in [-0.2, 0) is 16.1 Å². The van der Waals surface area contributed by atoms with Crippen LogP contribution in [0.1, 0.15) is 17.5 Å². The lowest BCUT2D eigenvalue weighted by molar-refractivity contribution is -0.157. The molecule has 6 nitrogen and oxygen atoms in total. The van der Waals surface area contributed by atoms with E-state index in [9.17, 15) is 13.6 Å². The highest BCUT2D eigenvalue weighted by atomic mass is 19.1.